The van der Waals surface area contributed by atoms with E-state index in [1.807, 2.05) is 29.2 Å². The van der Waals surface area contributed by atoms with Gasteiger partial charge in [0.2, 0.25) is 0 Å². The van der Waals surface area contributed by atoms with Crippen molar-refractivity contribution in [2.24, 2.45) is 0 Å². The Morgan fingerprint density at radius 3 is 2.34 bits per heavy atom. The van der Waals surface area contributed by atoms with Gasteiger partial charge in [0, 0.05) is 56.1 Å². The van der Waals surface area contributed by atoms with Crippen LogP contribution in [0.25, 0.3) is 0 Å². The molecule has 0 radical (unpaired) electrons. The van der Waals surface area contributed by atoms with E-state index in [-0.39, 0.29) is 24.2 Å². The number of nitrogens with zero attached hydrogens (tertiary/aromatic N) is 3. The Kier molecular flexibility index (Phi) is 6.66. The first-order valence-electron chi connectivity index (χ1n) is 11.9. The van der Waals surface area contributed by atoms with Gasteiger partial charge in [0.15, 0.2) is 6.61 Å². The highest BCUT2D eigenvalue weighted by atomic mass is 19.1. The average Bonchev–Trinajstić information content (AvgIpc) is 2.91. The minimum Gasteiger partial charge on any atom is -0.483 e. The summed E-state index contributed by atoms with van der Waals surface area (Å²) < 4.78 is 19.1. The summed E-state index contributed by atoms with van der Waals surface area (Å²) in [5, 5.41) is 0. The maximum Gasteiger partial charge on any atom is 0.260 e. The highest BCUT2D eigenvalue weighted by molar-refractivity contribution is 5.97. The lowest BCUT2D eigenvalue weighted by Gasteiger charge is -2.36. The van der Waals surface area contributed by atoms with Gasteiger partial charge >= 0.3 is 0 Å². The fourth-order valence-electron chi connectivity index (χ4n) is 4.72. The molecule has 2 amide bonds. The summed E-state index contributed by atoms with van der Waals surface area (Å²) in [5.74, 6) is 0.173. The molecular formula is C28H28FN3O3. The number of halogens is 1. The fourth-order valence-corrected chi connectivity index (χ4v) is 4.72. The molecule has 0 spiro atoms. The number of piperazine rings is 1. The van der Waals surface area contributed by atoms with Gasteiger partial charge in [-0.05, 0) is 48.4 Å². The second-order valence-electron chi connectivity index (χ2n) is 8.88. The third-order valence-electron chi connectivity index (χ3n) is 6.67. The maximum atomic E-state index is 13.2. The van der Waals surface area contributed by atoms with Crippen LogP contribution in [0, 0.1) is 5.82 Å². The molecule has 2 aliphatic rings. The maximum absolute atomic E-state index is 13.2. The molecule has 0 N–H and O–H groups in total. The minimum atomic E-state index is -0.293. The quantitative estimate of drug-likeness (QED) is 0.547. The molecule has 0 bridgehead atoms. The number of amides is 2. The molecule has 2 aliphatic heterocycles. The van der Waals surface area contributed by atoms with Crippen LogP contribution < -0.4 is 9.64 Å². The van der Waals surface area contributed by atoms with Gasteiger partial charge in [0.05, 0.1) is 0 Å². The van der Waals surface area contributed by atoms with Gasteiger partial charge in [-0.3, -0.25) is 9.59 Å². The van der Waals surface area contributed by atoms with E-state index in [2.05, 4.69) is 17.0 Å². The highest BCUT2D eigenvalue weighted by Gasteiger charge is 2.27. The molecule has 0 unspecified atom stereocenters. The van der Waals surface area contributed by atoms with E-state index >= 15 is 0 Å². The summed E-state index contributed by atoms with van der Waals surface area (Å²) >= 11 is 0. The molecule has 0 saturated carbocycles. The number of carbonyl (C=O) groups is 2. The van der Waals surface area contributed by atoms with Crippen molar-refractivity contribution in [3.8, 4) is 5.75 Å². The molecule has 1 fully saturated rings. The summed E-state index contributed by atoms with van der Waals surface area (Å²) in [7, 11) is 0. The average molecular weight is 474 g/mol. The number of fused-ring (bicyclic) bond motifs is 1. The molecule has 6 nitrogen and oxygen atoms in total. The summed E-state index contributed by atoms with van der Waals surface area (Å²) in [5.41, 5.74) is 3.49. The van der Waals surface area contributed by atoms with Gasteiger partial charge in [-0.2, -0.15) is 0 Å². The van der Waals surface area contributed by atoms with E-state index in [4.69, 9.17) is 4.74 Å². The van der Waals surface area contributed by atoms with Crippen LogP contribution in [-0.4, -0.2) is 60.9 Å². The summed E-state index contributed by atoms with van der Waals surface area (Å²) in [6.45, 7) is 3.80. The van der Waals surface area contributed by atoms with Crippen LogP contribution in [-0.2, 0) is 17.8 Å². The number of hydrogen-bond acceptors (Lipinski definition) is 4. The third-order valence-corrected chi connectivity index (χ3v) is 6.67. The zero-order chi connectivity index (χ0) is 24.2. The Morgan fingerprint density at radius 1 is 0.857 bits per heavy atom. The van der Waals surface area contributed by atoms with Crippen molar-refractivity contribution in [2.45, 2.75) is 13.0 Å². The smallest absolute Gasteiger partial charge is 0.260 e. The number of rotatable bonds is 6. The molecule has 3 aromatic carbocycles. The second-order valence-corrected chi connectivity index (χ2v) is 8.88. The van der Waals surface area contributed by atoms with Crippen molar-refractivity contribution in [3.05, 3.63) is 95.3 Å². The van der Waals surface area contributed by atoms with Crippen molar-refractivity contribution in [3.63, 3.8) is 0 Å². The number of ether oxygens (including phenoxy) is 1. The van der Waals surface area contributed by atoms with Crippen molar-refractivity contribution in [2.75, 3.05) is 44.2 Å². The molecule has 5 rings (SSSR count). The number of benzene rings is 3. The standard InChI is InChI=1S/C28H28FN3O3/c29-22-11-9-21(10-12-22)19-32-14-13-24-25(28(32)34)7-4-8-26(24)35-20-27(33)31-17-15-30(16-18-31)23-5-2-1-3-6-23/h1-12H,13-20H2. The Hall–Kier alpha value is -3.87. The zero-order valence-electron chi connectivity index (χ0n) is 19.5. The summed E-state index contributed by atoms with van der Waals surface area (Å²) in [6, 6.07) is 21.8. The Bertz CT molecular complexity index is 1190. The largest absolute Gasteiger partial charge is 0.483 e. The van der Waals surface area contributed by atoms with Gasteiger partial charge in [0.25, 0.3) is 11.8 Å². The normalized spacial score (nSPS) is 15.7. The van der Waals surface area contributed by atoms with Crippen molar-refractivity contribution in [1.82, 2.24) is 9.80 Å². The number of carbonyl (C=O) groups excluding carboxylic acids is 2. The van der Waals surface area contributed by atoms with Crippen LogP contribution in [0.2, 0.25) is 0 Å². The predicted molar refractivity (Wildman–Crippen MR) is 132 cm³/mol. The number of anilines is 1. The van der Waals surface area contributed by atoms with E-state index < -0.39 is 0 Å². The monoisotopic (exact) mass is 473 g/mol. The number of hydrogen-bond donors (Lipinski definition) is 0. The first kappa shape index (κ1) is 22.9. The van der Waals surface area contributed by atoms with Gasteiger partial charge in [-0.25, -0.2) is 4.39 Å². The minimum absolute atomic E-state index is 0.0459. The lowest BCUT2D eigenvalue weighted by atomic mass is 9.97. The lowest BCUT2D eigenvalue weighted by molar-refractivity contribution is -0.133. The predicted octanol–water partition coefficient (Wildman–Crippen LogP) is 3.75. The topological polar surface area (TPSA) is 53.1 Å². The highest BCUT2D eigenvalue weighted by Crippen LogP contribution is 2.29. The molecule has 2 heterocycles. The van der Waals surface area contributed by atoms with Gasteiger partial charge < -0.3 is 19.4 Å². The van der Waals surface area contributed by atoms with Crippen LogP contribution in [0.1, 0.15) is 21.5 Å². The van der Waals surface area contributed by atoms with Crippen molar-refractivity contribution >= 4 is 17.5 Å². The Morgan fingerprint density at radius 2 is 1.60 bits per heavy atom. The van der Waals surface area contributed by atoms with E-state index in [0.717, 1.165) is 24.2 Å². The lowest BCUT2D eigenvalue weighted by Crippen LogP contribution is -2.50. The Balaban J connectivity index is 1.18. The van der Waals surface area contributed by atoms with Crippen molar-refractivity contribution < 1.29 is 18.7 Å². The van der Waals surface area contributed by atoms with Gasteiger partial charge in [0.1, 0.15) is 11.6 Å². The molecule has 0 aromatic heterocycles. The SMILES string of the molecule is O=C(COc1cccc2c1CCN(Cc1ccc(F)cc1)C2=O)N1CCN(c2ccccc2)CC1. The third kappa shape index (κ3) is 5.14. The molecule has 0 atom stereocenters. The molecular weight excluding hydrogens is 445 g/mol. The second kappa shape index (κ2) is 10.2. The first-order chi connectivity index (χ1) is 17.1. The molecule has 0 aliphatic carbocycles. The van der Waals surface area contributed by atoms with E-state index in [1.54, 1.807) is 29.2 Å². The van der Waals surface area contributed by atoms with Crippen molar-refractivity contribution in [1.29, 1.82) is 0 Å². The summed E-state index contributed by atoms with van der Waals surface area (Å²) in [4.78, 5) is 31.8. The van der Waals surface area contributed by atoms with Crippen LogP contribution in [0.4, 0.5) is 10.1 Å². The first-order valence-corrected chi connectivity index (χ1v) is 11.9. The Labute approximate surface area is 204 Å². The fraction of sp³-hybridized carbons (Fsp3) is 0.286. The van der Waals surface area contributed by atoms with Crippen LogP contribution >= 0.6 is 0 Å². The van der Waals surface area contributed by atoms with Crippen LogP contribution in [0.15, 0.2) is 72.8 Å². The van der Waals surface area contributed by atoms with Gasteiger partial charge in [-0.15, -0.1) is 0 Å². The van der Waals surface area contributed by atoms with Gasteiger partial charge in [-0.1, -0.05) is 36.4 Å². The number of para-hydroxylation sites is 1. The van der Waals surface area contributed by atoms with E-state index in [9.17, 15) is 14.0 Å². The van der Waals surface area contributed by atoms with E-state index in [0.29, 0.717) is 43.9 Å². The van der Waals surface area contributed by atoms with Crippen LogP contribution in [0.5, 0.6) is 5.75 Å². The molecule has 180 valence electrons. The zero-order valence-corrected chi connectivity index (χ0v) is 19.5. The molecule has 7 heteroatoms. The molecule has 3 aromatic rings. The summed E-state index contributed by atoms with van der Waals surface area (Å²) in [6.07, 6.45) is 0.641. The van der Waals surface area contributed by atoms with Crippen LogP contribution in [0.3, 0.4) is 0 Å². The molecule has 1 saturated heterocycles. The molecule has 35 heavy (non-hydrogen) atoms. The van der Waals surface area contributed by atoms with E-state index in [1.165, 1.54) is 17.8 Å².